The van der Waals surface area contributed by atoms with Gasteiger partial charge in [-0.15, -0.1) is 0 Å². The monoisotopic (exact) mass is 264 g/mol. The van der Waals surface area contributed by atoms with Gasteiger partial charge in [-0.1, -0.05) is 42.0 Å². The molecular formula is C17H16N2O. The number of aryl methyl sites for hydroxylation is 2. The zero-order valence-electron chi connectivity index (χ0n) is 11.6. The van der Waals surface area contributed by atoms with Gasteiger partial charge in [0, 0.05) is 0 Å². The van der Waals surface area contributed by atoms with Crippen molar-refractivity contribution in [1.82, 2.24) is 9.55 Å². The summed E-state index contributed by atoms with van der Waals surface area (Å²) >= 11 is 0. The Morgan fingerprint density at radius 1 is 1.05 bits per heavy atom. The van der Waals surface area contributed by atoms with Gasteiger partial charge in [0.2, 0.25) is 0 Å². The van der Waals surface area contributed by atoms with Crippen LogP contribution in [0, 0.1) is 13.8 Å². The highest BCUT2D eigenvalue weighted by molar-refractivity contribution is 5.77. The fourth-order valence-corrected chi connectivity index (χ4v) is 2.46. The number of fused-ring (bicyclic) bond motifs is 1. The lowest BCUT2D eigenvalue weighted by molar-refractivity contribution is 0.712. The molecule has 0 aliphatic heterocycles. The predicted molar refractivity (Wildman–Crippen MR) is 81.0 cm³/mol. The van der Waals surface area contributed by atoms with Gasteiger partial charge in [-0.3, -0.25) is 9.36 Å². The van der Waals surface area contributed by atoms with Gasteiger partial charge in [0.25, 0.3) is 5.56 Å². The van der Waals surface area contributed by atoms with Crippen LogP contribution in [0.5, 0.6) is 0 Å². The fraction of sp³-hybridized carbons (Fsp3) is 0.176. The van der Waals surface area contributed by atoms with E-state index in [1.807, 2.05) is 43.3 Å². The summed E-state index contributed by atoms with van der Waals surface area (Å²) in [5.74, 6) is 0.746. The van der Waals surface area contributed by atoms with E-state index in [-0.39, 0.29) is 5.56 Å². The van der Waals surface area contributed by atoms with E-state index in [1.54, 1.807) is 4.57 Å². The van der Waals surface area contributed by atoms with Crippen LogP contribution in [0.1, 0.15) is 17.0 Å². The molecule has 0 amide bonds. The highest BCUT2D eigenvalue weighted by Crippen LogP contribution is 2.10. The quantitative estimate of drug-likeness (QED) is 0.713. The summed E-state index contributed by atoms with van der Waals surface area (Å²) in [5, 5.41) is 0.672. The Balaban J connectivity index is 2.14. The molecule has 3 heteroatoms. The lowest BCUT2D eigenvalue weighted by atomic mass is 10.1. The van der Waals surface area contributed by atoms with Crippen molar-refractivity contribution in [3.63, 3.8) is 0 Å². The molecule has 0 aliphatic rings. The van der Waals surface area contributed by atoms with E-state index in [2.05, 4.69) is 24.0 Å². The molecule has 1 aromatic heterocycles. The molecule has 0 N–H and O–H groups in total. The van der Waals surface area contributed by atoms with Gasteiger partial charge in [-0.05, 0) is 31.5 Å². The van der Waals surface area contributed by atoms with Gasteiger partial charge in [0.1, 0.15) is 5.82 Å². The van der Waals surface area contributed by atoms with Crippen LogP contribution in [-0.4, -0.2) is 9.55 Å². The van der Waals surface area contributed by atoms with E-state index in [1.165, 1.54) is 5.56 Å². The molecule has 0 saturated carbocycles. The molecule has 0 unspecified atom stereocenters. The maximum Gasteiger partial charge on any atom is 0.261 e. The molecule has 0 fully saturated rings. The Bertz CT molecular complexity index is 834. The van der Waals surface area contributed by atoms with Crippen LogP contribution in [0.3, 0.4) is 0 Å². The summed E-state index contributed by atoms with van der Waals surface area (Å²) in [5.41, 5.74) is 3.10. The molecule has 2 aromatic carbocycles. The molecular weight excluding hydrogens is 248 g/mol. The zero-order valence-corrected chi connectivity index (χ0v) is 11.6. The van der Waals surface area contributed by atoms with Gasteiger partial charge in [-0.25, -0.2) is 4.98 Å². The average Bonchev–Trinajstić information content (AvgIpc) is 2.43. The third-order valence-corrected chi connectivity index (χ3v) is 3.48. The van der Waals surface area contributed by atoms with Crippen LogP contribution in [0.2, 0.25) is 0 Å². The number of benzene rings is 2. The summed E-state index contributed by atoms with van der Waals surface area (Å²) in [6.07, 6.45) is 0. The molecule has 0 saturated heterocycles. The van der Waals surface area contributed by atoms with Crippen molar-refractivity contribution in [3.05, 3.63) is 75.8 Å². The second-order valence-electron chi connectivity index (χ2n) is 5.06. The number of aromatic nitrogens is 2. The molecule has 20 heavy (non-hydrogen) atoms. The fourth-order valence-electron chi connectivity index (χ4n) is 2.46. The lowest BCUT2D eigenvalue weighted by Gasteiger charge is -2.11. The van der Waals surface area contributed by atoms with Gasteiger partial charge < -0.3 is 0 Å². The number of hydrogen-bond acceptors (Lipinski definition) is 2. The van der Waals surface area contributed by atoms with Crippen molar-refractivity contribution in [3.8, 4) is 0 Å². The first kappa shape index (κ1) is 12.6. The normalized spacial score (nSPS) is 10.9. The van der Waals surface area contributed by atoms with E-state index in [9.17, 15) is 4.79 Å². The molecule has 0 radical (unpaired) electrons. The topological polar surface area (TPSA) is 34.9 Å². The highest BCUT2D eigenvalue weighted by atomic mass is 16.1. The average molecular weight is 264 g/mol. The van der Waals surface area contributed by atoms with Crippen LogP contribution in [0.25, 0.3) is 10.9 Å². The minimum absolute atomic E-state index is 0.0228. The Hall–Kier alpha value is -2.42. The maximum absolute atomic E-state index is 12.6. The Labute approximate surface area is 117 Å². The molecule has 1 heterocycles. The summed E-state index contributed by atoms with van der Waals surface area (Å²) in [4.78, 5) is 17.1. The van der Waals surface area contributed by atoms with Crippen LogP contribution in [-0.2, 0) is 6.54 Å². The number of hydrogen-bond donors (Lipinski definition) is 0. The van der Waals surface area contributed by atoms with E-state index < -0.39 is 0 Å². The van der Waals surface area contributed by atoms with E-state index in [4.69, 9.17) is 0 Å². The van der Waals surface area contributed by atoms with E-state index >= 15 is 0 Å². The van der Waals surface area contributed by atoms with Gasteiger partial charge in [0.15, 0.2) is 0 Å². The molecule has 0 spiro atoms. The smallest absolute Gasteiger partial charge is 0.261 e. The minimum Gasteiger partial charge on any atom is -0.292 e. The SMILES string of the molecule is Cc1cccc(Cn2c(C)nc3ccccc3c2=O)c1. The van der Waals surface area contributed by atoms with Crippen molar-refractivity contribution in [2.24, 2.45) is 0 Å². The standard InChI is InChI=1S/C17H16N2O/c1-12-6-5-7-14(10-12)11-19-13(2)18-16-9-4-3-8-15(16)17(19)20/h3-10H,11H2,1-2H3. The molecule has 0 aliphatic carbocycles. The molecule has 0 bridgehead atoms. The Morgan fingerprint density at radius 2 is 1.85 bits per heavy atom. The Morgan fingerprint density at radius 3 is 2.65 bits per heavy atom. The first-order valence-electron chi connectivity index (χ1n) is 6.67. The van der Waals surface area contributed by atoms with Gasteiger partial charge in [-0.2, -0.15) is 0 Å². The van der Waals surface area contributed by atoms with Crippen LogP contribution in [0.15, 0.2) is 53.3 Å². The summed E-state index contributed by atoms with van der Waals surface area (Å²) < 4.78 is 1.73. The highest BCUT2D eigenvalue weighted by Gasteiger charge is 2.08. The second-order valence-corrected chi connectivity index (χ2v) is 5.06. The number of nitrogens with zero attached hydrogens (tertiary/aromatic N) is 2. The van der Waals surface area contributed by atoms with Gasteiger partial charge in [0.05, 0.1) is 17.4 Å². The molecule has 3 nitrogen and oxygen atoms in total. The third-order valence-electron chi connectivity index (χ3n) is 3.48. The third kappa shape index (κ3) is 2.23. The Kier molecular flexibility index (Phi) is 3.11. The molecule has 100 valence electrons. The minimum atomic E-state index is 0.0228. The van der Waals surface area contributed by atoms with Crippen molar-refractivity contribution in [2.45, 2.75) is 20.4 Å². The van der Waals surface area contributed by atoms with Crippen molar-refractivity contribution >= 4 is 10.9 Å². The predicted octanol–water partition coefficient (Wildman–Crippen LogP) is 3.06. The summed E-state index contributed by atoms with van der Waals surface area (Å²) in [7, 11) is 0. The van der Waals surface area contributed by atoms with Crippen molar-refractivity contribution in [2.75, 3.05) is 0 Å². The van der Waals surface area contributed by atoms with Crippen molar-refractivity contribution < 1.29 is 0 Å². The zero-order chi connectivity index (χ0) is 14.1. The maximum atomic E-state index is 12.6. The lowest BCUT2D eigenvalue weighted by Crippen LogP contribution is -2.24. The second kappa shape index (κ2) is 4.93. The first-order valence-corrected chi connectivity index (χ1v) is 6.67. The summed E-state index contributed by atoms with van der Waals surface area (Å²) in [6.45, 7) is 4.49. The number of para-hydroxylation sites is 1. The molecule has 3 aromatic rings. The number of rotatable bonds is 2. The largest absolute Gasteiger partial charge is 0.292 e. The van der Waals surface area contributed by atoms with Crippen LogP contribution >= 0.6 is 0 Å². The van der Waals surface area contributed by atoms with Crippen molar-refractivity contribution in [1.29, 1.82) is 0 Å². The van der Waals surface area contributed by atoms with Crippen LogP contribution in [0.4, 0.5) is 0 Å². The van der Waals surface area contributed by atoms with Crippen LogP contribution < -0.4 is 5.56 Å². The molecule has 0 atom stereocenters. The molecule has 3 rings (SSSR count). The first-order chi connectivity index (χ1) is 9.65. The van der Waals surface area contributed by atoms with E-state index in [0.717, 1.165) is 16.9 Å². The van der Waals surface area contributed by atoms with Gasteiger partial charge >= 0.3 is 0 Å². The van der Waals surface area contributed by atoms with E-state index in [0.29, 0.717) is 11.9 Å². The summed E-state index contributed by atoms with van der Waals surface area (Å²) in [6, 6.07) is 15.7.